The molecule has 0 saturated heterocycles. The Morgan fingerprint density at radius 2 is 1.14 bits per heavy atom. The number of hydrogen-bond acceptors (Lipinski definition) is 4. The number of aliphatic hydroxyl groups is 1. The smallest absolute Gasteiger partial charge is 0.121 e. The lowest BCUT2D eigenvalue weighted by molar-refractivity contribution is -0.189. The van der Waals surface area contributed by atoms with Crippen molar-refractivity contribution in [1.29, 1.82) is 0 Å². The molecule has 4 nitrogen and oxygen atoms in total. The number of nitrogens with zero attached hydrogens (tertiary/aromatic N) is 1. The summed E-state index contributed by atoms with van der Waals surface area (Å²) >= 11 is 0. The average Bonchev–Trinajstić information content (AvgIpc) is 2.78. The molecule has 0 aliphatic rings. The number of hydroxylamine groups is 2. The summed E-state index contributed by atoms with van der Waals surface area (Å²) in [6.45, 7) is 1.30. The van der Waals surface area contributed by atoms with Crippen LogP contribution in [0, 0.1) is 0 Å². The molecule has 0 aliphatic carbocycles. The van der Waals surface area contributed by atoms with Gasteiger partial charge in [-0.1, -0.05) is 91.0 Å². The third-order valence-electron chi connectivity index (χ3n) is 4.84. The molecule has 1 N–H and O–H groups in total. The fourth-order valence-electron chi connectivity index (χ4n) is 3.68. The van der Waals surface area contributed by atoms with Crippen molar-refractivity contribution < 1.29 is 14.7 Å². The molecule has 0 spiro atoms. The lowest BCUT2D eigenvalue weighted by Gasteiger charge is -2.43. The molecule has 28 heavy (non-hydrogen) atoms. The van der Waals surface area contributed by atoms with Crippen molar-refractivity contribution in [3.63, 3.8) is 0 Å². The van der Waals surface area contributed by atoms with Gasteiger partial charge < -0.3 is 14.7 Å². The maximum absolute atomic E-state index is 9.01. The fraction of sp³-hybridized carbons (Fsp3) is 0.250. The van der Waals surface area contributed by atoms with Gasteiger partial charge in [-0.25, -0.2) is 0 Å². The predicted molar refractivity (Wildman–Crippen MR) is 111 cm³/mol. The number of hydrogen-bond donors (Lipinski definition) is 1. The highest BCUT2D eigenvalue weighted by Gasteiger charge is 2.42. The minimum absolute atomic E-state index is 0.00812. The van der Waals surface area contributed by atoms with Crippen molar-refractivity contribution in [2.45, 2.75) is 5.54 Å². The second-order valence-corrected chi connectivity index (χ2v) is 6.43. The van der Waals surface area contributed by atoms with E-state index in [1.165, 1.54) is 0 Å². The van der Waals surface area contributed by atoms with Crippen molar-refractivity contribution in [3.8, 4) is 0 Å². The molecule has 0 heterocycles. The molecule has 0 atom stereocenters. The first-order chi connectivity index (χ1) is 13.8. The van der Waals surface area contributed by atoms with E-state index in [9.17, 15) is 0 Å². The molecule has 0 radical (unpaired) electrons. The Kier molecular flexibility index (Phi) is 7.34. The Morgan fingerprint density at radius 3 is 1.50 bits per heavy atom. The molecular formula is C24H27NO3. The van der Waals surface area contributed by atoms with Crippen LogP contribution in [0.25, 0.3) is 0 Å². The summed E-state index contributed by atoms with van der Waals surface area (Å²) in [6.07, 6.45) is 0. The minimum atomic E-state index is -0.638. The second-order valence-electron chi connectivity index (χ2n) is 6.43. The zero-order chi connectivity index (χ0) is 19.7. The molecule has 4 heteroatoms. The first kappa shape index (κ1) is 20.2. The highest BCUT2D eigenvalue weighted by Crippen LogP contribution is 2.42. The van der Waals surface area contributed by atoms with Gasteiger partial charge in [-0.2, -0.15) is 5.06 Å². The van der Waals surface area contributed by atoms with Gasteiger partial charge in [0, 0.05) is 6.54 Å². The number of rotatable bonds is 10. The number of benzene rings is 3. The monoisotopic (exact) mass is 377 g/mol. The fourth-order valence-corrected chi connectivity index (χ4v) is 3.68. The van der Waals surface area contributed by atoms with Gasteiger partial charge in [0.05, 0.1) is 26.9 Å². The van der Waals surface area contributed by atoms with Gasteiger partial charge in [-0.05, 0) is 16.7 Å². The molecular weight excluding hydrogens is 350 g/mol. The summed E-state index contributed by atoms with van der Waals surface area (Å²) in [7, 11) is 1.69. The largest absolute Gasteiger partial charge is 0.394 e. The summed E-state index contributed by atoms with van der Waals surface area (Å²) in [6, 6.07) is 31.1. The van der Waals surface area contributed by atoms with Crippen LogP contribution in [0.4, 0.5) is 0 Å². The van der Waals surface area contributed by atoms with E-state index in [1.807, 2.05) is 59.7 Å². The summed E-state index contributed by atoms with van der Waals surface area (Å²) < 4.78 is 5.55. The normalized spacial score (nSPS) is 11.7. The molecule has 0 unspecified atom stereocenters. The van der Waals surface area contributed by atoms with Gasteiger partial charge in [0.2, 0.25) is 0 Å². The van der Waals surface area contributed by atoms with Crippen LogP contribution in [-0.4, -0.2) is 43.6 Å². The van der Waals surface area contributed by atoms with Crippen molar-refractivity contribution in [1.82, 2.24) is 5.06 Å². The average molecular weight is 377 g/mol. The molecule has 0 aromatic heterocycles. The van der Waals surface area contributed by atoms with E-state index in [-0.39, 0.29) is 6.61 Å². The van der Waals surface area contributed by atoms with Crippen molar-refractivity contribution in [2.24, 2.45) is 0 Å². The van der Waals surface area contributed by atoms with Crippen LogP contribution in [0.15, 0.2) is 91.0 Å². The Morgan fingerprint density at radius 1 is 0.714 bits per heavy atom. The summed E-state index contributed by atoms with van der Waals surface area (Å²) in [4.78, 5) is 5.95. The molecule has 3 aromatic carbocycles. The van der Waals surface area contributed by atoms with E-state index in [1.54, 1.807) is 7.11 Å². The van der Waals surface area contributed by atoms with Crippen molar-refractivity contribution >= 4 is 0 Å². The van der Waals surface area contributed by atoms with E-state index < -0.39 is 5.54 Å². The van der Waals surface area contributed by atoms with Crippen LogP contribution in [0.1, 0.15) is 16.7 Å². The maximum Gasteiger partial charge on any atom is 0.121 e. The standard InChI is InChI=1S/C24H27NO3/c1-27-25(17-19-28-20-18-26)24(21-11-5-2-6-12-21,22-13-7-3-8-14-22)23-15-9-4-10-16-23/h2-16,26H,17-20H2,1H3. The molecule has 0 fully saturated rings. The Bertz CT molecular complexity index is 712. The molecule has 0 aliphatic heterocycles. The van der Waals surface area contributed by atoms with E-state index >= 15 is 0 Å². The molecule has 0 amide bonds. The molecule has 3 aromatic rings. The Balaban J connectivity index is 2.18. The minimum Gasteiger partial charge on any atom is -0.394 e. The highest BCUT2D eigenvalue weighted by molar-refractivity contribution is 5.49. The van der Waals surface area contributed by atoms with Crippen molar-refractivity contribution in [3.05, 3.63) is 108 Å². The topological polar surface area (TPSA) is 41.9 Å². The quantitative estimate of drug-likeness (QED) is 0.331. The Hall–Kier alpha value is -2.50. The van der Waals surface area contributed by atoms with E-state index in [0.717, 1.165) is 16.7 Å². The maximum atomic E-state index is 9.01. The highest BCUT2D eigenvalue weighted by atomic mass is 16.7. The zero-order valence-electron chi connectivity index (χ0n) is 16.2. The van der Waals surface area contributed by atoms with Gasteiger partial charge in [-0.15, -0.1) is 0 Å². The third kappa shape index (κ3) is 4.16. The lowest BCUT2D eigenvalue weighted by atomic mass is 9.76. The van der Waals surface area contributed by atoms with Crippen LogP contribution in [0.5, 0.6) is 0 Å². The van der Waals surface area contributed by atoms with Gasteiger partial charge in [0.25, 0.3) is 0 Å². The van der Waals surface area contributed by atoms with Crippen LogP contribution in [0.2, 0.25) is 0 Å². The van der Waals surface area contributed by atoms with Gasteiger partial charge >= 0.3 is 0 Å². The van der Waals surface area contributed by atoms with Gasteiger partial charge in [0.15, 0.2) is 0 Å². The number of ether oxygens (including phenoxy) is 1. The van der Waals surface area contributed by atoms with E-state index in [4.69, 9.17) is 14.7 Å². The Labute approximate surface area is 166 Å². The summed E-state index contributed by atoms with van der Waals surface area (Å²) in [5.41, 5.74) is 2.69. The lowest BCUT2D eigenvalue weighted by Crippen LogP contribution is -2.49. The first-order valence-corrected chi connectivity index (χ1v) is 9.51. The van der Waals surface area contributed by atoms with Crippen LogP contribution in [-0.2, 0) is 15.1 Å². The van der Waals surface area contributed by atoms with Gasteiger partial charge in [-0.3, -0.25) is 0 Å². The third-order valence-corrected chi connectivity index (χ3v) is 4.84. The number of aliphatic hydroxyl groups excluding tert-OH is 1. The second kappa shape index (κ2) is 10.2. The molecule has 0 saturated carbocycles. The van der Waals surface area contributed by atoms with E-state index in [0.29, 0.717) is 19.8 Å². The zero-order valence-corrected chi connectivity index (χ0v) is 16.2. The van der Waals surface area contributed by atoms with Crippen LogP contribution >= 0.6 is 0 Å². The summed E-state index contributed by atoms with van der Waals surface area (Å²) in [5, 5.41) is 11.0. The first-order valence-electron chi connectivity index (χ1n) is 9.51. The van der Waals surface area contributed by atoms with Crippen LogP contribution in [0.3, 0.4) is 0 Å². The SMILES string of the molecule is CON(CCOCCO)C(c1ccccc1)(c1ccccc1)c1ccccc1. The predicted octanol–water partition coefficient (Wildman–Crippen LogP) is 3.85. The van der Waals surface area contributed by atoms with E-state index in [2.05, 4.69) is 36.4 Å². The van der Waals surface area contributed by atoms with Gasteiger partial charge in [0.1, 0.15) is 5.54 Å². The molecule has 3 rings (SSSR count). The molecule has 146 valence electrons. The van der Waals surface area contributed by atoms with Crippen LogP contribution < -0.4 is 0 Å². The van der Waals surface area contributed by atoms with Crippen molar-refractivity contribution in [2.75, 3.05) is 33.5 Å². The molecule has 0 bridgehead atoms. The summed E-state index contributed by atoms with van der Waals surface area (Å²) in [5.74, 6) is 0.